The summed E-state index contributed by atoms with van der Waals surface area (Å²) in [5.74, 6) is 0.928. The molecule has 1 fully saturated rings. The third kappa shape index (κ3) is 1.75. The minimum Gasteiger partial charge on any atom is -0.496 e. The van der Waals surface area contributed by atoms with Gasteiger partial charge in [-0.1, -0.05) is 6.07 Å². The predicted molar refractivity (Wildman–Crippen MR) is 65.6 cm³/mol. The van der Waals surface area contributed by atoms with Crippen LogP contribution in [0.15, 0.2) is 12.1 Å². The quantitative estimate of drug-likeness (QED) is 0.804. The highest BCUT2D eigenvalue weighted by molar-refractivity contribution is 5.90. The Morgan fingerprint density at radius 1 is 1.29 bits per heavy atom. The average Bonchev–Trinajstić information content (AvgIpc) is 2.20. The van der Waals surface area contributed by atoms with Crippen molar-refractivity contribution in [2.24, 2.45) is 0 Å². The van der Waals surface area contributed by atoms with Crippen molar-refractivity contribution in [2.45, 2.75) is 26.2 Å². The van der Waals surface area contributed by atoms with Crippen molar-refractivity contribution < 1.29 is 14.3 Å². The molecule has 0 spiro atoms. The van der Waals surface area contributed by atoms with Crippen molar-refractivity contribution in [3.63, 3.8) is 0 Å². The summed E-state index contributed by atoms with van der Waals surface area (Å²) in [6, 6.07) is 4.05. The van der Waals surface area contributed by atoms with Gasteiger partial charge in [0.05, 0.1) is 20.3 Å². The third-order valence-corrected chi connectivity index (χ3v) is 3.70. The summed E-state index contributed by atoms with van der Waals surface area (Å²) >= 11 is 0. The van der Waals surface area contributed by atoms with Gasteiger partial charge in [0.2, 0.25) is 0 Å². The summed E-state index contributed by atoms with van der Waals surface area (Å²) in [5.41, 5.74) is 2.81. The first kappa shape index (κ1) is 12.1. The minimum atomic E-state index is -0.496. The standard InChI is InChI=1S/C14H18O3/c1-9-5-12(13(16-4)6-10(9)2)14(11(3)15)7-17-8-14/h5-6H,7-8H2,1-4H3. The highest BCUT2D eigenvalue weighted by Gasteiger charge is 2.46. The summed E-state index contributed by atoms with van der Waals surface area (Å²) in [7, 11) is 1.64. The van der Waals surface area contributed by atoms with Gasteiger partial charge in [-0.25, -0.2) is 0 Å². The average molecular weight is 234 g/mol. The normalized spacial score (nSPS) is 17.4. The van der Waals surface area contributed by atoms with Crippen LogP contribution in [0.3, 0.4) is 0 Å². The number of carbonyl (C=O) groups excluding carboxylic acids is 1. The number of hydrogen-bond acceptors (Lipinski definition) is 3. The Hall–Kier alpha value is -1.35. The van der Waals surface area contributed by atoms with Crippen molar-refractivity contribution in [1.29, 1.82) is 0 Å². The van der Waals surface area contributed by atoms with Gasteiger partial charge in [0.1, 0.15) is 16.9 Å². The molecule has 1 aliphatic rings. The second-order valence-electron chi connectivity index (χ2n) is 4.77. The Labute approximate surface area is 102 Å². The molecule has 0 N–H and O–H groups in total. The number of hydrogen-bond donors (Lipinski definition) is 0. The molecule has 3 heteroatoms. The predicted octanol–water partition coefficient (Wildman–Crippen LogP) is 2.17. The number of rotatable bonds is 3. The fourth-order valence-corrected chi connectivity index (χ4v) is 2.19. The SMILES string of the molecule is COc1cc(C)c(C)cc1C1(C(C)=O)COC1. The van der Waals surface area contributed by atoms with Crippen LogP contribution in [0.4, 0.5) is 0 Å². The molecule has 0 atom stereocenters. The summed E-state index contributed by atoms with van der Waals surface area (Å²) in [4.78, 5) is 11.9. The fraction of sp³-hybridized carbons (Fsp3) is 0.500. The molecule has 0 saturated carbocycles. The second kappa shape index (κ2) is 4.15. The van der Waals surface area contributed by atoms with E-state index in [9.17, 15) is 4.79 Å². The molecule has 1 aliphatic heterocycles. The monoisotopic (exact) mass is 234 g/mol. The van der Waals surface area contributed by atoms with E-state index in [-0.39, 0.29) is 5.78 Å². The van der Waals surface area contributed by atoms with Crippen LogP contribution in [0.5, 0.6) is 5.75 Å². The molecular weight excluding hydrogens is 216 g/mol. The van der Waals surface area contributed by atoms with Crippen molar-refractivity contribution in [2.75, 3.05) is 20.3 Å². The van der Waals surface area contributed by atoms with Gasteiger partial charge < -0.3 is 9.47 Å². The molecule has 1 aromatic rings. The molecule has 0 amide bonds. The van der Waals surface area contributed by atoms with Gasteiger partial charge in [-0.2, -0.15) is 0 Å². The molecule has 17 heavy (non-hydrogen) atoms. The minimum absolute atomic E-state index is 0.144. The lowest BCUT2D eigenvalue weighted by molar-refractivity contribution is -0.140. The highest BCUT2D eigenvalue weighted by atomic mass is 16.5. The summed E-state index contributed by atoms with van der Waals surface area (Å²) in [6.07, 6.45) is 0. The van der Waals surface area contributed by atoms with Gasteiger partial charge in [-0.3, -0.25) is 4.79 Å². The van der Waals surface area contributed by atoms with E-state index in [0.717, 1.165) is 11.3 Å². The Morgan fingerprint density at radius 3 is 2.29 bits per heavy atom. The smallest absolute Gasteiger partial charge is 0.145 e. The first-order chi connectivity index (χ1) is 8.01. The number of methoxy groups -OCH3 is 1. The van der Waals surface area contributed by atoms with Crippen LogP contribution in [0.25, 0.3) is 0 Å². The maximum atomic E-state index is 11.9. The van der Waals surface area contributed by atoms with Gasteiger partial charge in [-0.15, -0.1) is 0 Å². The van der Waals surface area contributed by atoms with Crippen LogP contribution in [0.2, 0.25) is 0 Å². The van der Waals surface area contributed by atoms with E-state index in [1.165, 1.54) is 11.1 Å². The molecule has 0 aromatic heterocycles. The summed E-state index contributed by atoms with van der Waals surface area (Å²) < 4.78 is 10.7. The van der Waals surface area contributed by atoms with Crippen LogP contribution in [-0.4, -0.2) is 26.1 Å². The molecule has 1 saturated heterocycles. The first-order valence-corrected chi connectivity index (χ1v) is 5.76. The largest absolute Gasteiger partial charge is 0.496 e. The molecule has 3 nitrogen and oxygen atoms in total. The van der Waals surface area contributed by atoms with Crippen molar-refractivity contribution in [3.05, 3.63) is 28.8 Å². The van der Waals surface area contributed by atoms with E-state index >= 15 is 0 Å². The topological polar surface area (TPSA) is 35.5 Å². The number of carbonyl (C=O) groups is 1. The zero-order valence-electron chi connectivity index (χ0n) is 10.8. The van der Waals surface area contributed by atoms with E-state index < -0.39 is 5.41 Å². The van der Waals surface area contributed by atoms with E-state index in [2.05, 4.69) is 6.07 Å². The lowest BCUT2D eigenvalue weighted by Gasteiger charge is -2.40. The van der Waals surface area contributed by atoms with E-state index in [0.29, 0.717) is 13.2 Å². The van der Waals surface area contributed by atoms with Gasteiger partial charge in [0, 0.05) is 5.56 Å². The number of benzene rings is 1. The number of ether oxygens (including phenoxy) is 2. The Morgan fingerprint density at radius 2 is 1.88 bits per heavy atom. The van der Waals surface area contributed by atoms with E-state index in [1.54, 1.807) is 14.0 Å². The highest BCUT2D eigenvalue weighted by Crippen LogP contribution is 2.40. The van der Waals surface area contributed by atoms with Crippen molar-refractivity contribution in [1.82, 2.24) is 0 Å². The molecule has 0 bridgehead atoms. The molecule has 1 aromatic carbocycles. The Bertz CT molecular complexity index is 459. The van der Waals surface area contributed by atoms with E-state index in [4.69, 9.17) is 9.47 Å². The third-order valence-electron chi connectivity index (χ3n) is 3.70. The molecule has 92 valence electrons. The van der Waals surface area contributed by atoms with Crippen molar-refractivity contribution in [3.8, 4) is 5.75 Å². The fourth-order valence-electron chi connectivity index (χ4n) is 2.19. The zero-order valence-corrected chi connectivity index (χ0v) is 10.8. The van der Waals surface area contributed by atoms with Crippen LogP contribution < -0.4 is 4.74 Å². The Balaban J connectivity index is 2.57. The van der Waals surface area contributed by atoms with Crippen molar-refractivity contribution >= 4 is 5.78 Å². The van der Waals surface area contributed by atoms with Gasteiger partial charge >= 0.3 is 0 Å². The molecule has 0 aliphatic carbocycles. The van der Waals surface area contributed by atoms with Crippen LogP contribution in [0.1, 0.15) is 23.6 Å². The second-order valence-corrected chi connectivity index (χ2v) is 4.77. The van der Waals surface area contributed by atoms with E-state index in [1.807, 2.05) is 19.9 Å². The van der Waals surface area contributed by atoms with Crippen LogP contribution in [-0.2, 0) is 14.9 Å². The van der Waals surface area contributed by atoms with Crippen LogP contribution in [0, 0.1) is 13.8 Å². The number of Topliss-reactive ketones (excluding diaryl/α,β-unsaturated/α-hetero) is 1. The molecule has 0 unspecified atom stereocenters. The van der Waals surface area contributed by atoms with Gasteiger partial charge in [-0.05, 0) is 38.0 Å². The lowest BCUT2D eigenvalue weighted by atomic mass is 9.74. The first-order valence-electron chi connectivity index (χ1n) is 5.76. The number of aryl methyl sites for hydroxylation is 2. The zero-order chi connectivity index (χ0) is 12.6. The molecular formula is C14H18O3. The lowest BCUT2D eigenvalue weighted by Crippen LogP contribution is -2.52. The Kier molecular flexibility index (Phi) is 2.96. The summed E-state index contributed by atoms with van der Waals surface area (Å²) in [5, 5.41) is 0. The maximum absolute atomic E-state index is 11.9. The molecule has 0 radical (unpaired) electrons. The van der Waals surface area contributed by atoms with Gasteiger partial charge in [0.15, 0.2) is 0 Å². The maximum Gasteiger partial charge on any atom is 0.145 e. The summed E-state index contributed by atoms with van der Waals surface area (Å²) in [6.45, 7) is 6.63. The number of ketones is 1. The molecule has 2 rings (SSSR count). The molecule has 1 heterocycles. The van der Waals surface area contributed by atoms with Crippen LogP contribution >= 0.6 is 0 Å². The van der Waals surface area contributed by atoms with Gasteiger partial charge in [0.25, 0.3) is 0 Å².